The molecular weight excluding hydrogens is 318 g/mol. The number of hydrogen-bond acceptors (Lipinski definition) is 5. The lowest BCUT2D eigenvalue weighted by molar-refractivity contribution is -0.126. The summed E-state index contributed by atoms with van der Waals surface area (Å²) >= 11 is 0. The average Bonchev–Trinajstić information content (AvgIpc) is 3.16. The summed E-state index contributed by atoms with van der Waals surface area (Å²) in [5.74, 6) is 1.21. The molecule has 0 bridgehead atoms. The van der Waals surface area contributed by atoms with Crippen LogP contribution in [0.3, 0.4) is 0 Å². The number of aromatic amines is 1. The molecule has 1 aromatic carbocycles. The zero-order chi connectivity index (χ0) is 15.5. The number of nitrogens with two attached hydrogens (primary N) is 1. The smallest absolute Gasteiger partial charge is 0.253 e. The van der Waals surface area contributed by atoms with Crippen LogP contribution in [0.25, 0.3) is 11.4 Å². The van der Waals surface area contributed by atoms with Crippen molar-refractivity contribution in [3.8, 4) is 11.4 Å². The first-order chi connectivity index (χ1) is 10.7. The summed E-state index contributed by atoms with van der Waals surface area (Å²) in [7, 11) is 0. The summed E-state index contributed by atoms with van der Waals surface area (Å²) < 4.78 is 5.60. The Morgan fingerprint density at radius 2 is 2.30 bits per heavy atom. The molecule has 7 nitrogen and oxygen atoms in total. The molecule has 3 rings (SSSR count). The summed E-state index contributed by atoms with van der Waals surface area (Å²) in [6.07, 6.45) is 1.08. The van der Waals surface area contributed by atoms with Gasteiger partial charge in [-0.2, -0.15) is 5.10 Å². The van der Waals surface area contributed by atoms with Gasteiger partial charge in [0.05, 0.1) is 6.10 Å². The van der Waals surface area contributed by atoms with E-state index in [9.17, 15) is 4.79 Å². The summed E-state index contributed by atoms with van der Waals surface area (Å²) in [6, 6.07) is 7.43. The van der Waals surface area contributed by atoms with Crippen molar-refractivity contribution in [3.63, 3.8) is 0 Å². The molecule has 4 N–H and O–H groups in total. The molecule has 1 aliphatic heterocycles. The first-order valence-electron chi connectivity index (χ1n) is 7.31. The summed E-state index contributed by atoms with van der Waals surface area (Å²) in [6.45, 7) is 2.29. The van der Waals surface area contributed by atoms with E-state index >= 15 is 0 Å². The van der Waals surface area contributed by atoms with Gasteiger partial charge in [-0.15, -0.1) is 12.4 Å². The molecule has 0 saturated carbocycles. The largest absolute Gasteiger partial charge is 0.364 e. The van der Waals surface area contributed by atoms with Gasteiger partial charge in [0.25, 0.3) is 5.91 Å². The van der Waals surface area contributed by atoms with E-state index in [1.54, 1.807) is 0 Å². The molecule has 2 aromatic rings. The minimum atomic E-state index is -0.428. The Balaban J connectivity index is 0.00000192. The summed E-state index contributed by atoms with van der Waals surface area (Å²) in [5.41, 5.74) is 7.10. The molecule has 1 fully saturated rings. The van der Waals surface area contributed by atoms with Crippen molar-refractivity contribution in [2.45, 2.75) is 32.0 Å². The SMILES string of the molecule is Cc1nc(-c2cccc(NC(=O)[C@@H]3CC[C@H](CN)O3)c2)n[nH]1.Cl. The first-order valence-corrected chi connectivity index (χ1v) is 7.31. The molecule has 8 heteroatoms. The van der Waals surface area contributed by atoms with Crippen LogP contribution in [0, 0.1) is 6.92 Å². The van der Waals surface area contributed by atoms with Crippen LogP contribution in [0.2, 0.25) is 0 Å². The number of ether oxygens (including phenoxy) is 1. The molecule has 124 valence electrons. The number of nitrogens with one attached hydrogen (secondary N) is 2. The van der Waals surface area contributed by atoms with Gasteiger partial charge < -0.3 is 15.8 Å². The highest BCUT2D eigenvalue weighted by Crippen LogP contribution is 2.22. The van der Waals surface area contributed by atoms with Gasteiger partial charge in [0.1, 0.15) is 11.9 Å². The van der Waals surface area contributed by atoms with Gasteiger partial charge >= 0.3 is 0 Å². The topological polar surface area (TPSA) is 106 Å². The molecule has 0 spiro atoms. The Bertz CT molecular complexity index is 675. The van der Waals surface area contributed by atoms with E-state index in [1.807, 2.05) is 31.2 Å². The minimum absolute atomic E-state index is 0. The molecular formula is C15H20ClN5O2. The normalized spacial score (nSPS) is 20.1. The Morgan fingerprint density at radius 1 is 1.48 bits per heavy atom. The van der Waals surface area contributed by atoms with Crippen LogP contribution in [0.15, 0.2) is 24.3 Å². The van der Waals surface area contributed by atoms with Crippen molar-refractivity contribution in [1.82, 2.24) is 15.2 Å². The number of benzene rings is 1. The zero-order valence-corrected chi connectivity index (χ0v) is 13.6. The van der Waals surface area contributed by atoms with E-state index in [2.05, 4.69) is 20.5 Å². The number of nitrogens with zero attached hydrogens (tertiary/aromatic N) is 2. The Kier molecular flexibility index (Phi) is 5.70. The van der Waals surface area contributed by atoms with E-state index in [0.717, 1.165) is 17.8 Å². The van der Waals surface area contributed by atoms with E-state index in [1.165, 1.54) is 0 Å². The molecule has 2 heterocycles. The number of aryl methyl sites for hydroxylation is 1. The summed E-state index contributed by atoms with van der Waals surface area (Å²) in [4.78, 5) is 16.5. The van der Waals surface area contributed by atoms with Crippen LogP contribution >= 0.6 is 12.4 Å². The van der Waals surface area contributed by atoms with Gasteiger partial charge in [0.15, 0.2) is 5.82 Å². The van der Waals surface area contributed by atoms with Crippen LogP contribution in [-0.4, -0.2) is 39.8 Å². The predicted octanol–water partition coefficient (Wildman–Crippen LogP) is 1.65. The lowest BCUT2D eigenvalue weighted by atomic mass is 10.1. The van der Waals surface area contributed by atoms with Crippen LogP contribution < -0.4 is 11.1 Å². The van der Waals surface area contributed by atoms with Gasteiger partial charge in [-0.25, -0.2) is 4.98 Å². The fourth-order valence-electron chi connectivity index (χ4n) is 2.50. The highest BCUT2D eigenvalue weighted by Gasteiger charge is 2.29. The lowest BCUT2D eigenvalue weighted by Crippen LogP contribution is -2.29. The van der Waals surface area contributed by atoms with Crippen LogP contribution in [0.4, 0.5) is 5.69 Å². The fourth-order valence-corrected chi connectivity index (χ4v) is 2.50. The number of rotatable bonds is 4. The number of carbonyl (C=O) groups is 1. The molecule has 1 aromatic heterocycles. The van der Waals surface area contributed by atoms with Crippen molar-refractivity contribution in [3.05, 3.63) is 30.1 Å². The molecule has 0 radical (unpaired) electrons. The van der Waals surface area contributed by atoms with Gasteiger partial charge in [0.2, 0.25) is 0 Å². The molecule has 1 aliphatic rings. The van der Waals surface area contributed by atoms with Crippen molar-refractivity contribution in [1.29, 1.82) is 0 Å². The quantitative estimate of drug-likeness (QED) is 0.786. The molecule has 1 amide bonds. The van der Waals surface area contributed by atoms with Crippen molar-refractivity contribution in [2.75, 3.05) is 11.9 Å². The van der Waals surface area contributed by atoms with E-state index in [-0.39, 0.29) is 24.4 Å². The number of amides is 1. The Morgan fingerprint density at radius 3 is 2.96 bits per heavy atom. The van der Waals surface area contributed by atoms with Gasteiger partial charge in [-0.1, -0.05) is 12.1 Å². The van der Waals surface area contributed by atoms with Gasteiger partial charge in [-0.3, -0.25) is 9.89 Å². The van der Waals surface area contributed by atoms with Crippen molar-refractivity contribution >= 4 is 24.0 Å². The Hall–Kier alpha value is -1.96. The second-order valence-corrected chi connectivity index (χ2v) is 5.37. The van der Waals surface area contributed by atoms with Crippen molar-refractivity contribution < 1.29 is 9.53 Å². The third-order valence-electron chi connectivity index (χ3n) is 3.65. The van der Waals surface area contributed by atoms with Gasteiger partial charge in [0, 0.05) is 17.8 Å². The molecule has 0 aliphatic carbocycles. The fraction of sp³-hybridized carbons (Fsp3) is 0.400. The standard InChI is InChI=1S/C15H19N5O2.ClH/c1-9-17-14(20-19-9)10-3-2-4-11(7-10)18-15(21)13-6-5-12(8-16)22-13;/h2-4,7,12-13H,5-6,8,16H2,1H3,(H,18,21)(H,17,19,20);1H/t12-,13+;/m1./s1. The highest BCUT2D eigenvalue weighted by atomic mass is 35.5. The molecule has 1 saturated heterocycles. The van der Waals surface area contributed by atoms with Crippen LogP contribution in [0.5, 0.6) is 0 Å². The maximum absolute atomic E-state index is 12.2. The molecule has 23 heavy (non-hydrogen) atoms. The first kappa shape index (κ1) is 17.4. The minimum Gasteiger partial charge on any atom is -0.364 e. The second-order valence-electron chi connectivity index (χ2n) is 5.37. The second kappa shape index (κ2) is 7.54. The number of hydrogen-bond donors (Lipinski definition) is 3. The van der Waals surface area contributed by atoms with E-state index in [4.69, 9.17) is 10.5 Å². The number of halogens is 1. The number of H-pyrrole nitrogens is 1. The molecule has 2 atom stereocenters. The summed E-state index contributed by atoms with van der Waals surface area (Å²) in [5, 5.41) is 9.80. The molecule has 0 unspecified atom stereocenters. The lowest BCUT2D eigenvalue weighted by Gasteiger charge is -2.13. The predicted molar refractivity (Wildman–Crippen MR) is 89.4 cm³/mol. The van der Waals surface area contributed by atoms with E-state index < -0.39 is 6.10 Å². The number of aromatic nitrogens is 3. The third kappa shape index (κ3) is 4.07. The third-order valence-corrected chi connectivity index (χ3v) is 3.65. The maximum Gasteiger partial charge on any atom is 0.253 e. The van der Waals surface area contributed by atoms with Crippen molar-refractivity contribution in [2.24, 2.45) is 5.73 Å². The average molecular weight is 338 g/mol. The zero-order valence-electron chi connectivity index (χ0n) is 12.8. The van der Waals surface area contributed by atoms with Crippen LogP contribution in [-0.2, 0) is 9.53 Å². The number of carbonyl (C=O) groups excluding carboxylic acids is 1. The maximum atomic E-state index is 12.2. The number of anilines is 1. The van der Waals surface area contributed by atoms with Crippen LogP contribution in [0.1, 0.15) is 18.7 Å². The Labute approximate surface area is 140 Å². The van der Waals surface area contributed by atoms with E-state index in [0.29, 0.717) is 24.5 Å². The highest BCUT2D eigenvalue weighted by molar-refractivity contribution is 5.94. The van der Waals surface area contributed by atoms with Gasteiger partial charge in [-0.05, 0) is 31.9 Å². The monoisotopic (exact) mass is 337 g/mol.